The van der Waals surface area contributed by atoms with E-state index in [0.717, 1.165) is 12.8 Å². The number of hydrogen-bond donors (Lipinski definition) is 1. The molecular weight excluding hydrogens is 264 g/mol. The van der Waals surface area contributed by atoms with E-state index in [1.54, 1.807) is 11.3 Å². The Kier molecular flexibility index (Phi) is 3.87. The fourth-order valence-corrected chi connectivity index (χ4v) is 4.88. The molecule has 0 spiro atoms. The smallest absolute Gasteiger partial charge is 0.0718 e. The lowest BCUT2D eigenvalue weighted by atomic mass is 9.68. The Labute approximate surface area is 125 Å². The monoisotopic (exact) mass is 288 g/mol. The van der Waals surface area contributed by atoms with Crippen LogP contribution in [0, 0.1) is 11.8 Å². The Morgan fingerprint density at radius 2 is 2.10 bits per heavy atom. The normalized spacial score (nSPS) is 27.3. The SMILES string of the molecule is CC(C)C1CCCCC1(O)Cc1csc2ccccc12. The van der Waals surface area contributed by atoms with Crippen molar-refractivity contribution >= 4 is 21.4 Å². The third-order valence-electron chi connectivity index (χ3n) is 4.93. The first-order valence-corrected chi connectivity index (χ1v) is 8.65. The fourth-order valence-electron chi connectivity index (χ4n) is 3.92. The Hall–Kier alpha value is -0.860. The molecule has 20 heavy (non-hydrogen) atoms. The third-order valence-corrected chi connectivity index (χ3v) is 5.94. The summed E-state index contributed by atoms with van der Waals surface area (Å²) < 4.78 is 1.34. The molecule has 1 aliphatic rings. The van der Waals surface area contributed by atoms with E-state index in [2.05, 4.69) is 43.5 Å². The molecule has 2 atom stereocenters. The molecule has 2 unspecified atom stereocenters. The summed E-state index contributed by atoms with van der Waals surface area (Å²) in [5.41, 5.74) is 0.830. The highest BCUT2D eigenvalue weighted by Gasteiger charge is 2.40. The highest BCUT2D eigenvalue weighted by molar-refractivity contribution is 7.17. The van der Waals surface area contributed by atoms with Gasteiger partial charge in [0.05, 0.1) is 5.60 Å². The van der Waals surface area contributed by atoms with E-state index in [4.69, 9.17) is 0 Å². The number of rotatable bonds is 3. The average Bonchev–Trinajstić information content (AvgIpc) is 2.82. The number of fused-ring (bicyclic) bond motifs is 1. The number of hydrogen-bond acceptors (Lipinski definition) is 2. The fraction of sp³-hybridized carbons (Fsp3) is 0.556. The van der Waals surface area contributed by atoms with Crippen LogP contribution in [0.2, 0.25) is 0 Å². The van der Waals surface area contributed by atoms with E-state index < -0.39 is 5.60 Å². The van der Waals surface area contributed by atoms with Crippen LogP contribution < -0.4 is 0 Å². The van der Waals surface area contributed by atoms with Crippen LogP contribution in [0.5, 0.6) is 0 Å². The van der Waals surface area contributed by atoms with E-state index in [-0.39, 0.29) is 0 Å². The quantitative estimate of drug-likeness (QED) is 0.840. The van der Waals surface area contributed by atoms with Crippen molar-refractivity contribution in [3.8, 4) is 0 Å². The predicted molar refractivity (Wildman–Crippen MR) is 87.3 cm³/mol. The van der Waals surface area contributed by atoms with Crippen LogP contribution >= 0.6 is 11.3 Å². The van der Waals surface area contributed by atoms with Crippen LogP contribution in [0.1, 0.15) is 45.1 Å². The van der Waals surface area contributed by atoms with Gasteiger partial charge in [0, 0.05) is 11.1 Å². The minimum absolute atomic E-state index is 0.440. The maximum atomic E-state index is 11.2. The predicted octanol–water partition coefficient (Wildman–Crippen LogP) is 5.02. The standard InChI is InChI=1S/C18H24OS/c1-13(2)16-8-5-6-10-18(16,19)11-14-12-20-17-9-4-3-7-15(14)17/h3-4,7,9,12-13,16,19H,5-6,8,10-11H2,1-2H3. The number of aliphatic hydroxyl groups is 1. The van der Waals surface area contributed by atoms with Crippen LogP contribution in [0.25, 0.3) is 10.1 Å². The van der Waals surface area contributed by atoms with Gasteiger partial charge in [0.2, 0.25) is 0 Å². The lowest BCUT2D eigenvalue weighted by Gasteiger charge is -2.42. The molecule has 0 aliphatic heterocycles. The van der Waals surface area contributed by atoms with Gasteiger partial charge >= 0.3 is 0 Å². The Morgan fingerprint density at radius 3 is 2.90 bits per heavy atom. The van der Waals surface area contributed by atoms with Crippen molar-refractivity contribution in [1.29, 1.82) is 0 Å². The van der Waals surface area contributed by atoms with Crippen molar-refractivity contribution in [2.45, 2.75) is 51.6 Å². The molecule has 1 nitrogen and oxygen atoms in total. The van der Waals surface area contributed by atoms with Gasteiger partial charge in [-0.25, -0.2) is 0 Å². The Bertz CT molecular complexity index is 586. The maximum absolute atomic E-state index is 11.2. The minimum Gasteiger partial charge on any atom is -0.389 e. The Balaban J connectivity index is 1.91. The van der Waals surface area contributed by atoms with Crippen molar-refractivity contribution in [2.75, 3.05) is 0 Å². The van der Waals surface area contributed by atoms with E-state index in [1.807, 2.05) is 0 Å². The van der Waals surface area contributed by atoms with Gasteiger partial charge in [-0.2, -0.15) is 0 Å². The second-order valence-electron chi connectivity index (χ2n) is 6.63. The zero-order chi connectivity index (χ0) is 14.2. The summed E-state index contributed by atoms with van der Waals surface area (Å²) in [6, 6.07) is 8.56. The molecule has 1 fully saturated rings. The van der Waals surface area contributed by atoms with E-state index in [0.29, 0.717) is 11.8 Å². The average molecular weight is 288 g/mol. The molecule has 1 N–H and O–H groups in total. The molecule has 2 aromatic rings. The molecule has 0 amide bonds. The first-order chi connectivity index (χ1) is 9.60. The van der Waals surface area contributed by atoms with Gasteiger partial charge in [-0.15, -0.1) is 11.3 Å². The molecule has 3 rings (SSSR count). The largest absolute Gasteiger partial charge is 0.389 e. The molecule has 108 valence electrons. The van der Waals surface area contributed by atoms with Gasteiger partial charge in [0.15, 0.2) is 0 Å². The summed E-state index contributed by atoms with van der Waals surface area (Å²) in [5.74, 6) is 1.00. The lowest BCUT2D eigenvalue weighted by molar-refractivity contribution is -0.0650. The first-order valence-electron chi connectivity index (χ1n) is 7.78. The van der Waals surface area contributed by atoms with Gasteiger partial charge in [-0.05, 0) is 47.1 Å². The lowest BCUT2D eigenvalue weighted by Crippen LogP contribution is -2.45. The molecule has 1 saturated carbocycles. The van der Waals surface area contributed by atoms with Crippen molar-refractivity contribution in [1.82, 2.24) is 0 Å². The van der Waals surface area contributed by atoms with Crippen LogP contribution in [-0.4, -0.2) is 10.7 Å². The molecule has 0 bridgehead atoms. The summed E-state index contributed by atoms with van der Waals surface area (Å²) in [6.07, 6.45) is 5.40. The molecule has 1 heterocycles. The van der Waals surface area contributed by atoms with Crippen LogP contribution in [-0.2, 0) is 6.42 Å². The zero-order valence-corrected chi connectivity index (χ0v) is 13.2. The van der Waals surface area contributed by atoms with Crippen molar-refractivity contribution < 1.29 is 5.11 Å². The summed E-state index contributed by atoms with van der Waals surface area (Å²) in [5, 5.41) is 14.8. The summed E-state index contributed by atoms with van der Waals surface area (Å²) >= 11 is 1.80. The second-order valence-corrected chi connectivity index (χ2v) is 7.54. The molecule has 1 aromatic heterocycles. The molecular formula is C18H24OS. The second kappa shape index (κ2) is 5.50. The highest BCUT2D eigenvalue weighted by Crippen LogP contribution is 2.42. The summed E-state index contributed by atoms with van der Waals surface area (Å²) in [6.45, 7) is 4.51. The molecule has 0 radical (unpaired) electrons. The first kappa shape index (κ1) is 14.1. The third kappa shape index (κ3) is 2.51. The summed E-state index contributed by atoms with van der Waals surface area (Å²) in [4.78, 5) is 0. The minimum atomic E-state index is -0.504. The number of benzene rings is 1. The van der Waals surface area contributed by atoms with Crippen LogP contribution in [0.15, 0.2) is 29.6 Å². The van der Waals surface area contributed by atoms with Crippen LogP contribution in [0.3, 0.4) is 0 Å². The van der Waals surface area contributed by atoms with Crippen LogP contribution in [0.4, 0.5) is 0 Å². The number of thiophene rings is 1. The van der Waals surface area contributed by atoms with E-state index >= 15 is 0 Å². The van der Waals surface area contributed by atoms with Gasteiger partial charge in [0.25, 0.3) is 0 Å². The van der Waals surface area contributed by atoms with Crippen molar-refractivity contribution in [2.24, 2.45) is 11.8 Å². The topological polar surface area (TPSA) is 20.2 Å². The van der Waals surface area contributed by atoms with Crippen molar-refractivity contribution in [3.63, 3.8) is 0 Å². The van der Waals surface area contributed by atoms with Gasteiger partial charge in [0.1, 0.15) is 0 Å². The Morgan fingerprint density at radius 1 is 1.30 bits per heavy atom. The summed E-state index contributed by atoms with van der Waals surface area (Å²) in [7, 11) is 0. The van der Waals surface area contributed by atoms with Gasteiger partial charge in [-0.1, -0.05) is 44.9 Å². The molecule has 1 aliphatic carbocycles. The zero-order valence-electron chi connectivity index (χ0n) is 12.4. The van der Waals surface area contributed by atoms with Gasteiger partial charge in [-0.3, -0.25) is 0 Å². The van der Waals surface area contributed by atoms with E-state index in [9.17, 15) is 5.11 Å². The maximum Gasteiger partial charge on any atom is 0.0718 e. The highest BCUT2D eigenvalue weighted by atomic mass is 32.1. The van der Waals surface area contributed by atoms with E-state index in [1.165, 1.54) is 34.9 Å². The van der Waals surface area contributed by atoms with Gasteiger partial charge < -0.3 is 5.11 Å². The van der Waals surface area contributed by atoms with Crippen molar-refractivity contribution in [3.05, 3.63) is 35.2 Å². The molecule has 2 heteroatoms. The molecule has 1 aromatic carbocycles. The molecule has 0 saturated heterocycles.